The number of aliphatic hydroxyl groups is 4. The number of benzene rings is 7. The molecule has 1 aromatic heterocycles. The number of aryl methyl sites for hydroxylation is 4. The molecule has 1 aliphatic rings. The first-order valence-electron chi connectivity index (χ1n) is 31.4. The molecule has 0 spiro atoms. The fraction of sp³-hybridized carbons (Fsp3) is 0.325. The van der Waals surface area contributed by atoms with Gasteiger partial charge in [0.2, 0.25) is 0 Å². The van der Waals surface area contributed by atoms with Gasteiger partial charge in [-0.15, -0.1) is 0 Å². The zero-order valence-corrected chi connectivity index (χ0v) is 58.9. The molecule has 21 heteroatoms. The molecule has 18 nitrogen and oxygen atoms in total. The molecule has 0 bridgehead atoms. The summed E-state index contributed by atoms with van der Waals surface area (Å²) in [4.78, 5) is 70.5. The lowest BCUT2D eigenvalue weighted by atomic mass is 9.89. The number of methoxy groups -OCH3 is 2. The highest BCUT2D eigenvalue weighted by atomic mass is 35.5. The molecular weight excluding hydrogens is 1270 g/mol. The highest BCUT2D eigenvalue weighted by Gasteiger charge is 2.36. The number of Topliss-reactive ketones (excluding diaryl/α,β-unsaturated/α-hetero) is 3. The zero-order valence-electron chi connectivity index (χ0n) is 58.1. The number of ether oxygens (including phenoxy) is 2. The number of nitrogens with two attached hydrogens (primary N) is 2. The van der Waals surface area contributed by atoms with E-state index in [4.69, 9.17) is 44.2 Å². The van der Waals surface area contributed by atoms with Crippen LogP contribution in [0.25, 0.3) is 16.2 Å². The van der Waals surface area contributed by atoms with Gasteiger partial charge in [0, 0.05) is 42.6 Å². The number of aromatic nitrogens is 2. The number of nitrogen functional groups attached to an aromatic ring is 1. The quantitative estimate of drug-likeness (QED) is 0.0193. The number of amides is 1. The van der Waals surface area contributed by atoms with E-state index in [1.165, 1.54) is 44.4 Å². The Hall–Kier alpha value is -9.59. The molecule has 4 atom stereocenters. The van der Waals surface area contributed by atoms with Gasteiger partial charge in [0.05, 0.1) is 44.1 Å². The van der Waals surface area contributed by atoms with Gasteiger partial charge in [0.25, 0.3) is 5.91 Å². The van der Waals surface area contributed by atoms with Gasteiger partial charge < -0.3 is 51.4 Å². The van der Waals surface area contributed by atoms with Crippen LogP contribution in [-0.2, 0) is 50.0 Å². The number of anilines is 1. The zero-order chi connectivity index (χ0) is 73.9. The van der Waals surface area contributed by atoms with E-state index in [2.05, 4.69) is 14.8 Å². The summed E-state index contributed by atoms with van der Waals surface area (Å²) in [5.74, 6) is -2.40. The Kier molecular flexibility index (Phi) is 32.4. The van der Waals surface area contributed by atoms with Gasteiger partial charge in [-0.3, -0.25) is 24.0 Å². The average molecular weight is 1370 g/mol. The third kappa shape index (κ3) is 23.9. The number of carboxylic acid groups (broad SMARTS) is 1. The van der Waals surface area contributed by atoms with E-state index in [0.717, 1.165) is 59.3 Å². The van der Waals surface area contributed by atoms with Crippen molar-refractivity contribution in [1.29, 1.82) is 0 Å². The Labute approximate surface area is 578 Å². The molecule has 0 radical (unpaired) electrons. The minimum Gasteiger partial charge on any atom is -0.497 e. The molecule has 0 aliphatic carbocycles. The fourth-order valence-electron chi connectivity index (χ4n) is 9.02. The normalized spacial score (nSPS) is 13.4. The molecule has 0 saturated heterocycles. The lowest BCUT2D eigenvalue weighted by Gasteiger charge is -2.22. The van der Waals surface area contributed by atoms with Gasteiger partial charge in [-0.2, -0.15) is 0 Å². The number of nitrogens with zero attached hydrogens (tertiary/aromatic N) is 4. The Balaban J connectivity index is 0.000000318. The van der Waals surface area contributed by atoms with Crippen molar-refractivity contribution in [1.82, 2.24) is 14.9 Å². The summed E-state index contributed by atoms with van der Waals surface area (Å²) in [6.45, 7) is 28.9. The van der Waals surface area contributed by atoms with Crippen molar-refractivity contribution in [2.75, 3.05) is 26.5 Å². The number of rotatable bonds is 17. The predicted octanol–water partition coefficient (Wildman–Crippen LogP) is 14.2. The van der Waals surface area contributed by atoms with Crippen LogP contribution in [0, 0.1) is 45.9 Å². The highest BCUT2D eigenvalue weighted by Crippen LogP contribution is 2.35. The maximum Gasteiger partial charge on any atom is 0.358 e. The third-order valence-electron chi connectivity index (χ3n) is 15.3. The van der Waals surface area contributed by atoms with Gasteiger partial charge >= 0.3 is 11.7 Å². The molecule has 8 aromatic rings. The molecule has 1 aliphatic heterocycles. The van der Waals surface area contributed by atoms with Crippen molar-refractivity contribution in [2.24, 2.45) is 5.73 Å². The number of ketones is 3. The number of carbonyl (C=O) groups excluding carboxylic acids is 4. The molecule has 0 fully saturated rings. The van der Waals surface area contributed by atoms with Gasteiger partial charge in [-0.05, 0) is 140 Å². The van der Waals surface area contributed by atoms with E-state index in [1.54, 1.807) is 99.8 Å². The second-order valence-corrected chi connectivity index (χ2v) is 24.0. The van der Waals surface area contributed by atoms with E-state index in [-0.39, 0.29) is 58.5 Å². The lowest BCUT2D eigenvalue weighted by Crippen LogP contribution is -2.31. The van der Waals surface area contributed by atoms with Crippen LogP contribution in [0.3, 0.4) is 0 Å². The van der Waals surface area contributed by atoms with E-state index in [0.29, 0.717) is 58.0 Å². The third-order valence-corrected chi connectivity index (χ3v) is 15.5. The number of hydrogen-bond acceptors (Lipinski definition) is 15. The van der Waals surface area contributed by atoms with Crippen LogP contribution in [0.2, 0.25) is 5.15 Å². The summed E-state index contributed by atoms with van der Waals surface area (Å²) < 4.78 is 38.9. The van der Waals surface area contributed by atoms with Crippen molar-refractivity contribution in [3.8, 4) is 22.9 Å². The number of aliphatic carboxylic acids is 1. The van der Waals surface area contributed by atoms with Crippen LogP contribution in [0.15, 0.2) is 158 Å². The summed E-state index contributed by atoms with van der Waals surface area (Å²) >= 11 is 6.21. The number of hydrogen-bond donors (Lipinski definition) is 7. The molecule has 98 heavy (non-hydrogen) atoms. The van der Waals surface area contributed by atoms with Crippen molar-refractivity contribution in [3.63, 3.8) is 0 Å². The van der Waals surface area contributed by atoms with Crippen LogP contribution in [0.5, 0.6) is 11.5 Å². The molecule has 0 saturated carbocycles. The molecule has 9 rings (SSSR count). The average Bonchev–Trinajstić information content (AvgIpc) is 1.60. The Morgan fingerprint density at radius 3 is 1.42 bits per heavy atom. The van der Waals surface area contributed by atoms with Crippen LogP contribution in [0.1, 0.15) is 158 Å². The second-order valence-electron chi connectivity index (χ2n) is 23.6. The molecule has 4 unspecified atom stereocenters. The fourth-order valence-corrected chi connectivity index (χ4v) is 9.29. The largest absolute Gasteiger partial charge is 0.497 e. The summed E-state index contributed by atoms with van der Waals surface area (Å²) in [5, 5.41) is 47.9. The monoisotopic (exact) mass is 1360 g/mol. The van der Waals surface area contributed by atoms with Gasteiger partial charge in [-0.25, -0.2) is 30.1 Å². The lowest BCUT2D eigenvalue weighted by molar-refractivity contribution is -0.157. The van der Waals surface area contributed by atoms with Crippen LogP contribution < -0.4 is 20.9 Å². The first kappa shape index (κ1) is 82.6. The maximum atomic E-state index is 14.1. The summed E-state index contributed by atoms with van der Waals surface area (Å²) in [6.07, 6.45) is 2.31. The molecule has 9 N–H and O–H groups in total. The summed E-state index contributed by atoms with van der Waals surface area (Å²) in [7, 11) is 3.07. The molecule has 1 amide bonds. The standard InChI is InChI=1S/C21H16ClF2N3O3.C13H18O2.C12H17NO2.C10H11NO.C10H12O3.C9H10O.C2H7N/c1-29-12-7-6-11(16(8-12)30-2)9-27-10-15-18(21(27)28)19(22)26-20(25-15)17-13(23)4-3-5-14(17)24;1-4-5-12(14)13(3,15)11-8-6-10(2)7-9-11;1-3-4-11(14)12(2,15)9-5-7-10(13)8-6-9;1-8-4-6-9(7-5-8)10(2,12)11-3;1-7-3-5-8(6-4-7)10(2,13)9(11)12;1-7-3-5-9(6-4-7)8(2)10;1-2-3/h3-8H,9-10H2,1-2H3;6-9,15H,4-5H2,1-3H3;5-8,15H,3-4,13H2,1-2H3;4-7,12H,1-2H3;3-6,13H,1-2H3,(H,11,12);3-6H,1-2H3;2-3H2,1H3. The minimum absolute atomic E-state index is 0.117. The number of halogens is 3. The SMILES string of the molecule is CC(=O)c1ccc(C)cc1.CCCC(=O)C(C)(O)c1ccc(C)cc1.CCCC(=O)C(C)(O)c1ccc(N)cc1.CCN.COc1ccc(CN2Cc3nc(-c4c(F)cccc4F)nc(Cl)c3C2=O)c(OC)c1.Cc1ccc(C(C)(O)C(=O)O)cc1.[C-]#[N+]C(C)(O)c1ccc(C)cc1. The molecule has 522 valence electrons. The van der Waals surface area contributed by atoms with E-state index < -0.39 is 40.1 Å². The Bertz CT molecular complexity index is 3880. The van der Waals surface area contributed by atoms with Crippen molar-refractivity contribution in [3.05, 3.63) is 253 Å². The van der Waals surface area contributed by atoms with E-state index >= 15 is 0 Å². The second kappa shape index (κ2) is 38.4. The van der Waals surface area contributed by atoms with Gasteiger partial charge in [0.15, 0.2) is 28.8 Å². The van der Waals surface area contributed by atoms with E-state index in [1.807, 2.05) is 109 Å². The first-order valence-corrected chi connectivity index (χ1v) is 31.8. The van der Waals surface area contributed by atoms with Crippen LogP contribution in [-0.4, -0.2) is 90.4 Å². The topological polar surface area (TPSA) is 290 Å². The summed E-state index contributed by atoms with van der Waals surface area (Å²) in [5.41, 5.74) is 13.4. The van der Waals surface area contributed by atoms with Crippen LogP contribution >= 0.6 is 11.6 Å². The van der Waals surface area contributed by atoms with Gasteiger partial charge in [0.1, 0.15) is 45.1 Å². The van der Waals surface area contributed by atoms with Crippen molar-refractivity contribution < 1.29 is 67.8 Å². The molecular formula is C77H91ClF2N6O12. The highest BCUT2D eigenvalue weighted by molar-refractivity contribution is 6.33. The number of fused-ring (bicyclic) bond motifs is 1. The Morgan fingerprint density at radius 1 is 0.622 bits per heavy atom. The van der Waals surface area contributed by atoms with Gasteiger partial charge in [-0.1, -0.05) is 158 Å². The maximum absolute atomic E-state index is 14.1. The Morgan fingerprint density at radius 2 is 1.03 bits per heavy atom. The minimum atomic E-state index is -1.80. The van der Waals surface area contributed by atoms with Crippen molar-refractivity contribution in [2.45, 2.75) is 144 Å². The van der Waals surface area contributed by atoms with Crippen LogP contribution in [0.4, 0.5) is 14.5 Å². The predicted molar refractivity (Wildman–Crippen MR) is 378 cm³/mol. The number of carboxylic acids is 1. The molecule has 2 heterocycles. The van der Waals surface area contributed by atoms with Crippen molar-refractivity contribution >= 4 is 46.5 Å². The first-order chi connectivity index (χ1) is 46.0. The summed E-state index contributed by atoms with van der Waals surface area (Å²) in [6, 6.07) is 44.5. The molecule has 7 aromatic carbocycles. The smallest absolute Gasteiger partial charge is 0.358 e. The van der Waals surface area contributed by atoms with E-state index in [9.17, 15) is 53.2 Å². The number of carbonyl (C=O) groups is 5.